The van der Waals surface area contributed by atoms with Gasteiger partial charge in [0.25, 0.3) is 5.91 Å². The Morgan fingerprint density at radius 2 is 1.86 bits per heavy atom. The zero-order valence-corrected chi connectivity index (χ0v) is 16.7. The maximum absolute atomic E-state index is 12.3. The summed E-state index contributed by atoms with van der Waals surface area (Å²) in [7, 11) is 0. The van der Waals surface area contributed by atoms with E-state index in [1.165, 1.54) is 24.9 Å². The summed E-state index contributed by atoms with van der Waals surface area (Å²) in [5.41, 5.74) is 2.61. The first-order valence-corrected chi connectivity index (χ1v) is 10.0. The molecule has 1 unspecified atom stereocenters. The van der Waals surface area contributed by atoms with E-state index in [1.807, 2.05) is 24.3 Å². The van der Waals surface area contributed by atoms with Gasteiger partial charge in [0.1, 0.15) is 11.6 Å². The molecule has 3 rings (SSSR count). The van der Waals surface area contributed by atoms with Crippen LogP contribution in [0.4, 0.5) is 5.69 Å². The summed E-state index contributed by atoms with van der Waals surface area (Å²) in [6.45, 7) is 3.37. The zero-order chi connectivity index (χ0) is 20.8. The second-order valence-corrected chi connectivity index (χ2v) is 7.45. The lowest BCUT2D eigenvalue weighted by Gasteiger charge is -2.29. The molecule has 6 heteroatoms. The summed E-state index contributed by atoms with van der Waals surface area (Å²) in [6.07, 6.45) is 2.71. The molecule has 0 saturated carbocycles. The normalized spacial score (nSPS) is 16.1. The van der Waals surface area contributed by atoms with Crippen molar-refractivity contribution in [3.8, 4) is 6.07 Å². The first-order chi connectivity index (χ1) is 14.0. The van der Waals surface area contributed by atoms with Crippen molar-refractivity contribution in [2.75, 3.05) is 31.1 Å². The van der Waals surface area contributed by atoms with Gasteiger partial charge in [-0.3, -0.25) is 4.79 Å². The predicted octanol–water partition coefficient (Wildman–Crippen LogP) is 2.60. The van der Waals surface area contributed by atoms with Gasteiger partial charge in [0, 0.05) is 25.3 Å². The van der Waals surface area contributed by atoms with Crippen molar-refractivity contribution >= 4 is 27.9 Å². The van der Waals surface area contributed by atoms with Gasteiger partial charge in [-0.05, 0) is 66.3 Å². The number of nitriles is 1. The van der Waals surface area contributed by atoms with Crippen LogP contribution in [0.1, 0.15) is 31.7 Å². The molecule has 1 aliphatic heterocycles. The Balaban J connectivity index is 1.85. The van der Waals surface area contributed by atoms with Crippen molar-refractivity contribution in [2.24, 2.45) is 0 Å². The molecule has 1 aliphatic rings. The molecule has 0 aromatic heterocycles. The van der Waals surface area contributed by atoms with Crippen LogP contribution in [0.3, 0.4) is 0 Å². The van der Waals surface area contributed by atoms with E-state index in [4.69, 9.17) is 5.11 Å². The predicted molar refractivity (Wildman–Crippen MR) is 114 cm³/mol. The molecular weight excluding hydrogens is 366 g/mol. The molecule has 152 valence electrons. The number of aliphatic hydroxyl groups is 2. The quantitative estimate of drug-likeness (QED) is 0.518. The van der Waals surface area contributed by atoms with Crippen LogP contribution < -0.4 is 10.2 Å². The van der Waals surface area contributed by atoms with Crippen LogP contribution in [0.2, 0.25) is 0 Å². The Labute approximate surface area is 171 Å². The molecule has 0 spiro atoms. The molecule has 0 bridgehead atoms. The third kappa shape index (κ3) is 4.94. The van der Waals surface area contributed by atoms with Crippen LogP contribution in [0.5, 0.6) is 0 Å². The van der Waals surface area contributed by atoms with Gasteiger partial charge in [-0.15, -0.1) is 0 Å². The van der Waals surface area contributed by atoms with Crippen molar-refractivity contribution in [3.63, 3.8) is 0 Å². The van der Waals surface area contributed by atoms with E-state index >= 15 is 0 Å². The Morgan fingerprint density at radius 3 is 2.55 bits per heavy atom. The molecule has 2 aromatic carbocycles. The number of anilines is 1. The largest absolute Gasteiger partial charge is 0.394 e. The van der Waals surface area contributed by atoms with E-state index in [0.29, 0.717) is 5.57 Å². The molecule has 29 heavy (non-hydrogen) atoms. The average molecular weight is 393 g/mol. The highest BCUT2D eigenvalue weighted by atomic mass is 16.3. The number of nitrogens with one attached hydrogen (secondary N) is 1. The number of amides is 1. The topological polar surface area (TPSA) is 96.6 Å². The molecule has 6 nitrogen and oxygen atoms in total. The molecular formula is C23H27N3O3. The van der Waals surface area contributed by atoms with Gasteiger partial charge in [0.15, 0.2) is 0 Å². The number of benzene rings is 2. The van der Waals surface area contributed by atoms with E-state index < -0.39 is 18.6 Å². The number of hydrogen-bond acceptors (Lipinski definition) is 5. The van der Waals surface area contributed by atoms with E-state index in [9.17, 15) is 15.2 Å². The minimum Gasteiger partial charge on any atom is -0.394 e. The van der Waals surface area contributed by atoms with E-state index in [0.717, 1.165) is 29.4 Å². The van der Waals surface area contributed by atoms with Gasteiger partial charge < -0.3 is 20.4 Å². The highest BCUT2D eigenvalue weighted by molar-refractivity contribution is 6.05. The number of aliphatic hydroxyl groups excluding tert-OH is 2. The number of allylic oxidation sites excluding steroid dienone is 1. The maximum atomic E-state index is 12.3. The third-order valence-corrected chi connectivity index (χ3v) is 5.40. The van der Waals surface area contributed by atoms with Crippen LogP contribution in [-0.2, 0) is 4.79 Å². The van der Waals surface area contributed by atoms with Gasteiger partial charge in [0.05, 0.1) is 12.7 Å². The lowest BCUT2D eigenvalue weighted by atomic mass is 9.98. The highest BCUT2D eigenvalue weighted by Crippen LogP contribution is 2.28. The Hall–Kier alpha value is -2.88. The fourth-order valence-corrected chi connectivity index (χ4v) is 3.63. The van der Waals surface area contributed by atoms with Crippen LogP contribution in [0.15, 0.2) is 42.0 Å². The molecule has 1 amide bonds. The van der Waals surface area contributed by atoms with Gasteiger partial charge in [-0.1, -0.05) is 18.2 Å². The number of rotatable bonds is 6. The number of nitrogens with zero attached hydrogens (tertiary/aromatic N) is 2. The third-order valence-electron chi connectivity index (χ3n) is 5.40. The van der Waals surface area contributed by atoms with Crippen LogP contribution in [0, 0.1) is 11.3 Å². The smallest absolute Gasteiger partial charge is 0.262 e. The Bertz CT molecular complexity index is 955. The van der Waals surface area contributed by atoms with Gasteiger partial charge in [-0.25, -0.2) is 0 Å². The lowest BCUT2D eigenvalue weighted by Crippen LogP contribution is -2.34. The first-order valence-electron chi connectivity index (χ1n) is 10.0. The number of piperidine rings is 1. The summed E-state index contributed by atoms with van der Waals surface area (Å²) < 4.78 is 0. The first kappa shape index (κ1) is 20.8. The van der Waals surface area contributed by atoms with Crippen molar-refractivity contribution < 1.29 is 15.0 Å². The molecule has 1 atom stereocenters. The highest BCUT2D eigenvalue weighted by Gasteiger charge is 2.16. The van der Waals surface area contributed by atoms with Gasteiger partial charge >= 0.3 is 0 Å². The number of carbonyl (C=O) groups is 1. The van der Waals surface area contributed by atoms with Crippen LogP contribution in [0.25, 0.3) is 16.3 Å². The summed E-state index contributed by atoms with van der Waals surface area (Å²) in [5, 5.41) is 32.4. The number of hydrogen-bond donors (Lipinski definition) is 3. The molecule has 2 aromatic rings. The van der Waals surface area contributed by atoms with Crippen molar-refractivity contribution in [1.29, 1.82) is 5.26 Å². The van der Waals surface area contributed by atoms with E-state index in [1.54, 1.807) is 6.92 Å². The van der Waals surface area contributed by atoms with Crippen molar-refractivity contribution in [3.05, 3.63) is 47.5 Å². The minimum atomic E-state index is -1.05. The molecule has 3 N–H and O–H groups in total. The van der Waals surface area contributed by atoms with Gasteiger partial charge in [0.2, 0.25) is 0 Å². The zero-order valence-electron chi connectivity index (χ0n) is 16.7. The molecule has 1 heterocycles. The number of fused-ring (bicyclic) bond motifs is 1. The second-order valence-electron chi connectivity index (χ2n) is 7.45. The van der Waals surface area contributed by atoms with Crippen molar-refractivity contribution in [1.82, 2.24) is 5.32 Å². The summed E-state index contributed by atoms with van der Waals surface area (Å²) in [5.74, 6) is -0.557. The number of carbonyl (C=O) groups excluding carboxylic acids is 1. The fourth-order valence-electron chi connectivity index (χ4n) is 3.63. The fraction of sp³-hybridized carbons (Fsp3) is 0.391. The molecule has 0 radical (unpaired) electrons. The minimum absolute atomic E-state index is 0.000531. The summed E-state index contributed by atoms with van der Waals surface area (Å²) >= 11 is 0. The summed E-state index contributed by atoms with van der Waals surface area (Å²) in [6, 6.07) is 14.3. The van der Waals surface area contributed by atoms with Crippen molar-refractivity contribution in [2.45, 2.75) is 32.3 Å². The Morgan fingerprint density at radius 1 is 1.17 bits per heavy atom. The summed E-state index contributed by atoms with van der Waals surface area (Å²) in [4.78, 5) is 14.7. The lowest BCUT2D eigenvalue weighted by molar-refractivity contribution is -0.117. The molecule has 1 saturated heterocycles. The van der Waals surface area contributed by atoms with Crippen LogP contribution >= 0.6 is 0 Å². The molecule has 1 fully saturated rings. The Kier molecular flexibility index (Phi) is 6.86. The SMILES string of the molecule is C/C(=C(/C#N)C(=O)NCC(O)CO)c1ccc2cc(N3CCCCC3)ccc2c1. The maximum Gasteiger partial charge on any atom is 0.262 e. The van der Waals surface area contributed by atoms with Crippen LogP contribution in [-0.4, -0.2) is 48.5 Å². The molecule has 0 aliphatic carbocycles. The van der Waals surface area contributed by atoms with E-state index in [2.05, 4.69) is 28.4 Å². The monoisotopic (exact) mass is 393 g/mol. The van der Waals surface area contributed by atoms with Gasteiger partial charge in [-0.2, -0.15) is 5.26 Å². The second kappa shape index (κ2) is 9.55. The average Bonchev–Trinajstić information content (AvgIpc) is 2.77. The standard InChI is InChI=1S/C23H27N3O3/c1-16(22(13-24)23(29)25-14-21(28)15-27)17-5-6-19-12-20(8-7-18(19)11-17)26-9-3-2-4-10-26/h5-8,11-12,21,27-28H,2-4,9-10,14-15H2,1H3,(H,25,29)/b22-16+. The van der Waals surface area contributed by atoms with E-state index in [-0.39, 0.29) is 12.1 Å².